The normalized spacial score (nSPS) is 13.7. The Balaban J connectivity index is 1.90. The number of benzene rings is 2. The van der Waals surface area contributed by atoms with Gasteiger partial charge < -0.3 is 9.84 Å². The highest BCUT2D eigenvalue weighted by molar-refractivity contribution is 7.71. The first kappa shape index (κ1) is 18.9. The third-order valence-corrected chi connectivity index (χ3v) is 5.16. The van der Waals surface area contributed by atoms with Crippen molar-refractivity contribution in [2.24, 2.45) is 4.99 Å². The van der Waals surface area contributed by atoms with E-state index >= 15 is 0 Å². The van der Waals surface area contributed by atoms with E-state index < -0.39 is 5.56 Å². The van der Waals surface area contributed by atoms with Gasteiger partial charge in [0, 0.05) is 23.4 Å². The fourth-order valence-electron chi connectivity index (χ4n) is 3.39. The zero-order valence-electron chi connectivity index (χ0n) is 16.0. The number of nitrogens with zero attached hydrogens (tertiary/aromatic N) is 2. The van der Waals surface area contributed by atoms with Crippen molar-refractivity contribution in [3.63, 3.8) is 0 Å². The molecule has 2 N–H and O–H groups in total. The van der Waals surface area contributed by atoms with Crippen LogP contribution in [0.25, 0.3) is 17.3 Å². The fraction of sp³-hybridized carbons (Fsp3) is 0.136. The lowest BCUT2D eigenvalue weighted by Crippen LogP contribution is -2.16. The molecule has 1 aliphatic heterocycles. The number of aromatic nitrogens is 2. The van der Waals surface area contributed by atoms with Gasteiger partial charge in [-0.15, -0.1) is 0 Å². The van der Waals surface area contributed by atoms with Crippen LogP contribution in [0.15, 0.2) is 52.3 Å². The molecule has 6 nitrogen and oxygen atoms in total. The van der Waals surface area contributed by atoms with Gasteiger partial charge in [-0.2, -0.15) is 0 Å². The van der Waals surface area contributed by atoms with Gasteiger partial charge in [0.15, 0.2) is 4.77 Å². The van der Waals surface area contributed by atoms with Gasteiger partial charge in [0.2, 0.25) is 5.88 Å². The minimum atomic E-state index is -0.465. The molecule has 0 amide bonds. The molecule has 4 rings (SSSR count). The van der Waals surface area contributed by atoms with Crippen molar-refractivity contribution in [1.29, 1.82) is 0 Å². The number of fused-ring (bicyclic) bond motifs is 1. The number of para-hydroxylation sites is 1. The Bertz CT molecular complexity index is 1290. The molecule has 7 heteroatoms. The molecule has 3 aromatic rings. The smallest absolute Gasteiger partial charge is 0.262 e. The average Bonchev–Trinajstić information content (AvgIpc) is 3.14. The van der Waals surface area contributed by atoms with E-state index in [1.54, 1.807) is 43.7 Å². The summed E-state index contributed by atoms with van der Waals surface area (Å²) < 4.78 is 6.75. The van der Waals surface area contributed by atoms with Crippen molar-refractivity contribution in [3.05, 3.63) is 74.3 Å². The highest BCUT2D eigenvalue weighted by atomic mass is 32.1. The molecule has 1 aromatic heterocycles. The Morgan fingerprint density at radius 2 is 2.07 bits per heavy atom. The first-order valence-electron chi connectivity index (χ1n) is 9.14. The van der Waals surface area contributed by atoms with Crippen molar-refractivity contribution in [2.75, 3.05) is 7.11 Å². The van der Waals surface area contributed by atoms with E-state index in [1.165, 1.54) is 4.57 Å². The molecular formula is C22H19N3O3S. The van der Waals surface area contributed by atoms with Gasteiger partial charge in [-0.3, -0.25) is 19.3 Å². The molecule has 0 unspecified atom stereocenters. The van der Waals surface area contributed by atoms with E-state index in [9.17, 15) is 9.90 Å². The van der Waals surface area contributed by atoms with E-state index in [4.69, 9.17) is 17.0 Å². The molecule has 2 aromatic carbocycles. The number of allylic oxidation sites excluding steroid dienone is 1. The molecule has 29 heavy (non-hydrogen) atoms. The average molecular weight is 405 g/mol. The van der Waals surface area contributed by atoms with Gasteiger partial charge in [0.05, 0.1) is 18.5 Å². The summed E-state index contributed by atoms with van der Waals surface area (Å²) in [7, 11) is 1.56. The first-order chi connectivity index (χ1) is 14.0. The maximum Gasteiger partial charge on any atom is 0.262 e. The highest BCUT2D eigenvalue weighted by Crippen LogP contribution is 2.36. The summed E-state index contributed by atoms with van der Waals surface area (Å²) in [5.41, 5.74) is 3.94. The molecule has 2 heterocycles. The molecular weight excluding hydrogens is 386 g/mol. The van der Waals surface area contributed by atoms with Crippen LogP contribution in [0, 0.1) is 4.77 Å². The van der Waals surface area contributed by atoms with Crippen molar-refractivity contribution in [1.82, 2.24) is 9.55 Å². The molecule has 1 aliphatic rings. The number of aliphatic imine (C=N–C) groups is 1. The molecule has 0 saturated heterocycles. The Morgan fingerprint density at radius 1 is 1.28 bits per heavy atom. The quantitative estimate of drug-likeness (QED) is 0.630. The zero-order valence-corrected chi connectivity index (χ0v) is 16.8. The topological polar surface area (TPSA) is 79.6 Å². The number of hydrogen-bond donors (Lipinski definition) is 2. The number of aromatic amines is 1. The lowest BCUT2D eigenvalue weighted by molar-refractivity contribution is 0.413. The second kappa shape index (κ2) is 7.52. The predicted octanol–water partition coefficient (Wildman–Crippen LogP) is 4.43. The number of ether oxygens (including phenoxy) is 1. The van der Waals surface area contributed by atoms with Crippen molar-refractivity contribution in [2.45, 2.75) is 13.3 Å². The minimum absolute atomic E-state index is 0.0941. The number of hydrogen-bond acceptors (Lipinski definition) is 5. The van der Waals surface area contributed by atoms with E-state index in [-0.39, 0.29) is 16.2 Å². The summed E-state index contributed by atoms with van der Waals surface area (Å²) in [6.45, 7) is 2.07. The lowest BCUT2D eigenvalue weighted by Gasteiger charge is -2.12. The Morgan fingerprint density at radius 3 is 2.83 bits per heavy atom. The van der Waals surface area contributed by atoms with Crippen molar-refractivity contribution >= 4 is 35.8 Å². The minimum Gasteiger partial charge on any atom is -0.497 e. The number of rotatable bonds is 4. The molecule has 0 atom stereocenters. The summed E-state index contributed by atoms with van der Waals surface area (Å²) in [4.78, 5) is 19.7. The van der Waals surface area contributed by atoms with Crippen LogP contribution in [-0.4, -0.2) is 28.0 Å². The van der Waals surface area contributed by atoms with Crippen LogP contribution in [-0.2, 0) is 6.42 Å². The summed E-state index contributed by atoms with van der Waals surface area (Å²) in [5, 5.41) is 10.9. The number of methoxy groups -OCH3 is 1. The fourth-order valence-corrected chi connectivity index (χ4v) is 3.68. The lowest BCUT2D eigenvalue weighted by atomic mass is 10.0. The number of H-pyrrole nitrogens is 1. The monoisotopic (exact) mass is 405 g/mol. The Hall–Kier alpha value is -3.45. The third kappa shape index (κ3) is 3.30. The molecule has 0 fully saturated rings. The van der Waals surface area contributed by atoms with Gasteiger partial charge in [-0.1, -0.05) is 31.2 Å². The summed E-state index contributed by atoms with van der Waals surface area (Å²) in [6.07, 6.45) is 4.20. The standard InChI is InChI=1S/C22H19N3O3S/c1-3-13-6-4-9-17-14(12-23-19(13)17)10-18-20(26)24-22(29)25(21(18)27)15-7-5-8-16(11-15)28-2/h4-12,27H,3H2,1-2H3,(H,24,26,29)/b14-10+. The van der Waals surface area contributed by atoms with Crippen LogP contribution < -0.4 is 10.3 Å². The summed E-state index contributed by atoms with van der Waals surface area (Å²) in [6, 6.07) is 13.0. The van der Waals surface area contributed by atoms with E-state index in [0.29, 0.717) is 11.4 Å². The SMILES string of the molecule is CCc1cccc2c1N=C/C2=C\c1c(O)n(-c2cccc(OC)c2)c(=S)[nH]c1=O. The van der Waals surface area contributed by atoms with Gasteiger partial charge >= 0.3 is 0 Å². The molecule has 0 spiro atoms. The largest absolute Gasteiger partial charge is 0.497 e. The number of aryl methyl sites for hydroxylation is 1. The molecule has 0 bridgehead atoms. The second-order valence-electron chi connectivity index (χ2n) is 6.56. The van der Waals surface area contributed by atoms with Crippen molar-refractivity contribution < 1.29 is 9.84 Å². The van der Waals surface area contributed by atoms with Gasteiger partial charge in [-0.25, -0.2) is 0 Å². The van der Waals surface area contributed by atoms with Gasteiger partial charge in [0.1, 0.15) is 11.3 Å². The van der Waals surface area contributed by atoms with Crippen LogP contribution in [0.3, 0.4) is 0 Å². The summed E-state index contributed by atoms with van der Waals surface area (Å²) in [5.74, 6) is 0.367. The Labute approximate surface area is 172 Å². The number of nitrogens with one attached hydrogen (secondary N) is 1. The third-order valence-electron chi connectivity index (χ3n) is 4.88. The second-order valence-corrected chi connectivity index (χ2v) is 6.94. The van der Waals surface area contributed by atoms with E-state index in [2.05, 4.69) is 16.9 Å². The highest BCUT2D eigenvalue weighted by Gasteiger charge is 2.18. The van der Waals surface area contributed by atoms with Crippen LogP contribution in [0.2, 0.25) is 0 Å². The van der Waals surface area contributed by atoms with Crippen LogP contribution in [0.4, 0.5) is 5.69 Å². The van der Waals surface area contributed by atoms with E-state index in [0.717, 1.165) is 28.8 Å². The first-order valence-corrected chi connectivity index (χ1v) is 9.55. The molecule has 0 radical (unpaired) electrons. The molecule has 0 saturated carbocycles. The number of aromatic hydroxyl groups is 1. The van der Waals surface area contributed by atoms with Crippen LogP contribution in [0.5, 0.6) is 11.6 Å². The molecule has 146 valence electrons. The Kier molecular flexibility index (Phi) is 4.90. The predicted molar refractivity (Wildman–Crippen MR) is 117 cm³/mol. The van der Waals surface area contributed by atoms with Gasteiger partial charge in [-0.05, 0) is 42.4 Å². The molecule has 0 aliphatic carbocycles. The van der Waals surface area contributed by atoms with Gasteiger partial charge in [0.25, 0.3) is 5.56 Å². The van der Waals surface area contributed by atoms with Crippen molar-refractivity contribution in [3.8, 4) is 17.3 Å². The maximum atomic E-state index is 12.6. The van der Waals surface area contributed by atoms with E-state index in [1.807, 2.05) is 18.2 Å². The summed E-state index contributed by atoms with van der Waals surface area (Å²) >= 11 is 5.29. The van der Waals surface area contributed by atoms with Crippen LogP contribution >= 0.6 is 12.2 Å². The zero-order chi connectivity index (χ0) is 20.5. The maximum absolute atomic E-state index is 12.6. The van der Waals surface area contributed by atoms with Crippen LogP contribution in [0.1, 0.15) is 23.6 Å².